The summed E-state index contributed by atoms with van der Waals surface area (Å²) < 4.78 is 5.26. The van der Waals surface area contributed by atoms with Gasteiger partial charge in [0.1, 0.15) is 0 Å². The maximum atomic E-state index is 5.71. The van der Waals surface area contributed by atoms with E-state index in [2.05, 4.69) is 32.6 Å². The molecule has 0 saturated carbocycles. The fourth-order valence-corrected chi connectivity index (χ4v) is 1.41. The van der Waals surface area contributed by atoms with Gasteiger partial charge in [0.15, 0.2) is 0 Å². The first kappa shape index (κ1) is 13.9. The SMILES string of the molecule is CCN(CC(C)OC)CC(C)(C)CN. The Kier molecular flexibility index (Phi) is 6.33. The third-order valence-corrected chi connectivity index (χ3v) is 2.57. The number of ether oxygens (including phenoxy) is 1. The molecule has 0 aliphatic rings. The molecule has 0 radical (unpaired) electrons. The van der Waals surface area contributed by atoms with Crippen molar-refractivity contribution < 1.29 is 4.74 Å². The molecule has 0 heterocycles. The van der Waals surface area contributed by atoms with Crippen LogP contribution in [0, 0.1) is 5.41 Å². The van der Waals surface area contributed by atoms with Gasteiger partial charge >= 0.3 is 0 Å². The van der Waals surface area contributed by atoms with Crippen molar-refractivity contribution in [2.24, 2.45) is 11.1 Å². The van der Waals surface area contributed by atoms with Crippen LogP contribution in [0.5, 0.6) is 0 Å². The summed E-state index contributed by atoms with van der Waals surface area (Å²) >= 11 is 0. The zero-order chi connectivity index (χ0) is 11.2. The van der Waals surface area contributed by atoms with Crippen molar-refractivity contribution in [3.63, 3.8) is 0 Å². The van der Waals surface area contributed by atoms with Crippen LogP contribution in [-0.4, -0.2) is 44.3 Å². The Morgan fingerprint density at radius 2 is 2.00 bits per heavy atom. The highest BCUT2D eigenvalue weighted by molar-refractivity contribution is 4.75. The fraction of sp³-hybridized carbons (Fsp3) is 1.00. The number of hydrogen-bond acceptors (Lipinski definition) is 3. The smallest absolute Gasteiger partial charge is 0.0670 e. The molecule has 0 amide bonds. The van der Waals surface area contributed by atoms with Gasteiger partial charge in [0.05, 0.1) is 6.10 Å². The molecule has 3 heteroatoms. The van der Waals surface area contributed by atoms with Gasteiger partial charge < -0.3 is 15.4 Å². The minimum absolute atomic E-state index is 0.198. The van der Waals surface area contributed by atoms with Crippen molar-refractivity contribution in [1.29, 1.82) is 0 Å². The summed E-state index contributed by atoms with van der Waals surface area (Å²) in [6, 6.07) is 0. The first-order valence-electron chi connectivity index (χ1n) is 5.40. The average Bonchev–Trinajstić information content (AvgIpc) is 2.16. The van der Waals surface area contributed by atoms with E-state index in [1.54, 1.807) is 7.11 Å². The van der Waals surface area contributed by atoms with Crippen molar-refractivity contribution in [2.45, 2.75) is 33.8 Å². The molecule has 0 bridgehead atoms. The standard InChI is InChI=1S/C11H26N2O/c1-6-13(7-10(2)14-5)9-11(3,4)8-12/h10H,6-9,12H2,1-5H3. The normalized spacial score (nSPS) is 14.8. The molecule has 0 spiro atoms. The molecule has 0 aliphatic carbocycles. The number of hydrogen-bond donors (Lipinski definition) is 1. The van der Waals surface area contributed by atoms with E-state index in [0.29, 0.717) is 6.10 Å². The van der Waals surface area contributed by atoms with Gasteiger partial charge in [0.2, 0.25) is 0 Å². The monoisotopic (exact) mass is 202 g/mol. The van der Waals surface area contributed by atoms with Crippen LogP contribution in [-0.2, 0) is 4.74 Å². The van der Waals surface area contributed by atoms with E-state index >= 15 is 0 Å². The quantitative estimate of drug-likeness (QED) is 0.677. The number of nitrogens with two attached hydrogens (primary N) is 1. The van der Waals surface area contributed by atoms with Gasteiger partial charge in [-0.05, 0) is 25.4 Å². The van der Waals surface area contributed by atoms with Crippen LogP contribution in [0.2, 0.25) is 0 Å². The van der Waals surface area contributed by atoms with Crippen LogP contribution in [0.3, 0.4) is 0 Å². The van der Waals surface area contributed by atoms with E-state index in [4.69, 9.17) is 10.5 Å². The lowest BCUT2D eigenvalue weighted by molar-refractivity contribution is 0.0652. The Bertz CT molecular complexity index is 148. The first-order valence-corrected chi connectivity index (χ1v) is 5.40. The molecule has 14 heavy (non-hydrogen) atoms. The minimum atomic E-state index is 0.198. The summed E-state index contributed by atoms with van der Waals surface area (Å²) in [5.41, 5.74) is 5.91. The van der Waals surface area contributed by atoms with Gasteiger partial charge in [-0.1, -0.05) is 20.8 Å². The van der Waals surface area contributed by atoms with Gasteiger partial charge in [-0.25, -0.2) is 0 Å². The second-order valence-corrected chi connectivity index (χ2v) is 4.74. The van der Waals surface area contributed by atoms with Gasteiger partial charge in [0, 0.05) is 20.2 Å². The van der Waals surface area contributed by atoms with E-state index in [-0.39, 0.29) is 5.41 Å². The molecule has 0 aromatic rings. The van der Waals surface area contributed by atoms with Crippen LogP contribution >= 0.6 is 0 Å². The molecule has 0 aromatic carbocycles. The van der Waals surface area contributed by atoms with Crippen LogP contribution < -0.4 is 5.73 Å². The summed E-state index contributed by atoms with van der Waals surface area (Å²) in [4.78, 5) is 2.39. The van der Waals surface area contributed by atoms with Gasteiger partial charge in [-0.2, -0.15) is 0 Å². The molecule has 0 saturated heterocycles. The molecular weight excluding hydrogens is 176 g/mol. The summed E-state index contributed by atoms with van der Waals surface area (Å²) in [5.74, 6) is 0. The molecule has 2 N–H and O–H groups in total. The second-order valence-electron chi connectivity index (χ2n) is 4.74. The molecular formula is C11H26N2O. The lowest BCUT2D eigenvalue weighted by atomic mass is 9.93. The van der Waals surface area contributed by atoms with E-state index in [0.717, 1.165) is 26.2 Å². The molecule has 0 fully saturated rings. The highest BCUT2D eigenvalue weighted by Gasteiger charge is 2.20. The molecule has 0 aliphatic heterocycles. The topological polar surface area (TPSA) is 38.5 Å². The third-order valence-electron chi connectivity index (χ3n) is 2.57. The third kappa shape index (κ3) is 5.58. The lowest BCUT2D eigenvalue weighted by Gasteiger charge is -2.32. The summed E-state index contributed by atoms with van der Waals surface area (Å²) in [6.45, 7) is 12.5. The zero-order valence-electron chi connectivity index (χ0n) is 10.3. The highest BCUT2D eigenvalue weighted by Crippen LogP contribution is 2.15. The number of likely N-dealkylation sites (N-methyl/N-ethyl adjacent to an activating group) is 1. The average molecular weight is 202 g/mol. The zero-order valence-corrected chi connectivity index (χ0v) is 10.3. The van der Waals surface area contributed by atoms with Crippen molar-refractivity contribution in [2.75, 3.05) is 33.3 Å². The fourth-order valence-electron chi connectivity index (χ4n) is 1.41. The van der Waals surface area contributed by atoms with E-state index in [1.807, 2.05) is 0 Å². The Labute approximate surface area is 88.6 Å². The Morgan fingerprint density at radius 3 is 2.36 bits per heavy atom. The Morgan fingerprint density at radius 1 is 1.43 bits per heavy atom. The molecule has 86 valence electrons. The second kappa shape index (κ2) is 6.38. The largest absolute Gasteiger partial charge is 0.380 e. The number of rotatable bonds is 7. The van der Waals surface area contributed by atoms with Crippen LogP contribution in [0.15, 0.2) is 0 Å². The summed E-state index contributed by atoms with van der Waals surface area (Å²) in [6.07, 6.45) is 0.295. The summed E-state index contributed by atoms with van der Waals surface area (Å²) in [7, 11) is 1.76. The van der Waals surface area contributed by atoms with Crippen molar-refractivity contribution >= 4 is 0 Å². The molecule has 3 nitrogen and oxygen atoms in total. The van der Waals surface area contributed by atoms with Crippen LogP contribution in [0.4, 0.5) is 0 Å². The van der Waals surface area contributed by atoms with Crippen molar-refractivity contribution in [3.8, 4) is 0 Å². The Hall–Kier alpha value is -0.120. The lowest BCUT2D eigenvalue weighted by Crippen LogP contribution is -2.41. The molecule has 0 aromatic heterocycles. The summed E-state index contributed by atoms with van der Waals surface area (Å²) in [5, 5.41) is 0. The predicted octanol–water partition coefficient (Wildman–Crippen LogP) is 1.33. The maximum absolute atomic E-state index is 5.71. The minimum Gasteiger partial charge on any atom is -0.380 e. The number of nitrogens with zero attached hydrogens (tertiary/aromatic N) is 1. The highest BCUT2D eigenvalue weighted by atomic mass is 16.5. The van der Waals surface area contributed by atoms with Gasteiger partial charge in [-0.15, -0.1) is 0 Å². The Balaban J connectivity index is 4.02. The predicted molar refractivity (Wildman–Crippen MR) is 61.4 cm³/mol. The van der Waals surface area contributed by atoms with Gasteiger partial charge in [0.25, 0.3) is 0 Å². The molecule has 1 unspecified atom stereocenters. The van der Waals surface area contributed by atoms with Crippen LogP contribution in [0.25, 0.3) is 0 Å². The van der Waals surface area contributed by atoms with E-state index < -0.39 is 0 Å². The van der Waals surface area contributed by atoms with Crippen molar-refractivity contribution in [3.05, 3.63) is 0 Å². The van der Waals surface area contributed by atoms with Crippen molar-refractivity contribution in [1.82, 2.24) is 4.90 Å². The van der Waals surface area contributed by atoms with E-state index in [9.17, 15) is 0 Å². The van der Waals surface area contributed by atoms with Gasteiger partial charge in [-0.3, -0.25) is 0 Å². The number of methoxy groups -OCH3 is 1. The molecule has 0 rings (SSSR count). The molecule has 1 atom stereocenters. The van der Waals surface area contributed by atoms with E-state index in [1.165, 1.54) is 0 Å². The van der Waals surface area contributed by atoms with Crippen LogP contribution in [0.1, 0.15) is 27.7 Å². The first-order chi connectivity index (χ1) is 6.45. The maximum Gasteiger partial charge on any atom is 0.0670 e.